The minimum absolute atomic E-state index is 0.266. The molecule has 146 valence electrons. The predicted octanol–water partition coefficient (Wildman–Crippen LogP) is 2.92. The maximum atomic E-state index is 11.9. The Morgan fingerprint density at radius 1 is 1.18 bits per heavy atom. The third kappa shape index (κ3) is 5.79. The average molecular weight is 399 g/mol. The van der Waals surface area contributed by atoms with Crippen molar-refractivity contribution >= 4 is 29.7 Å². The molecule has 0 saturated carbocycles. The first-order valence-corrected chi connectivity index (χ1v) is 10.0. The summed E-state index contributed by atoms with van der Waals surface area (Å²) >= 11 is 1.65. The normalized spacial score (nSPS) is 15.2. The van der Waals surface area contributed by atoms with Crippen molar-refractivity contribution in [1.29, 1.82) is 0 Å². The van der Waals surface area contributed by atoms with Crippen LogP contribution < -0.4 is 14.8 Å². The van der Waals surface area contributed by atoms with Crippen LogP contribution in [0.2, 0.25) is 0 Å². The van der Waals surface area contributed by atoms with Crippen LogP contribution in [0.1, 0.15) is 5.56 Å². The number of nitrogens with one attached hydrogen (secondary N) is 1. The number of hydrogen-bond donors (Lipinski definition) is 1. The van der Waals surface area contributed by atoms with Crippen LogP contribution >= 0.6 is 11.8 Å². The van der Waals surface area contributed by atoms with E-state index < -0.39 is 11.9 Å². The fourth-order valence-electron chi connectivity index (χ4n) is 2.51. The lowest BCUT2D eigenvalue weighted by atomic mass is 10.2. The second kappa shape index (κ2) is 9.85. The van der Waals surface area contributed by atoms with E-state index in [4.69, 9.17) is 14.2 Å². The predicted molar refractivity (Wildman–Crippen MR) is 108 cm³/mol. The highest BCUT2D eigenvalue weighted by Crippen LogP contribution is 2.30. The molecule has 1 atom stereocenters. The SMILES string of the molecule is CSc1ccc(/C=C/C(=O)OCC(=O)NC[C@H]2COc3ccccc3O2)cc1. The van der Waals surface area contributed by atoms with Crippen LogP contribution in [0.25, 0.3) is 6.08 Å². The summed E-state index contributed by atoms with van der Waals surface area (Å²) in [5, 5.41) is 2.68. The number of carbonyl (C=O) groups is 2. The quantitative estimate of drug-likeness (QED) is 0.438. The molecule has 1 aliphatic rings. The van der Waals surface area contributed by atoms with Gasteiger partial charge in [-0.25, -0.2) is 4.79 Å². The van der Waals surface area contributed by atoms with Gasteiger partial charge in [-0.1, -0.05) is 24.3 Å². The molecule has 1 N–H and O–H groups in total. The van der Waals surface area contributed by atoms with Gasteiger partial charge < -0.3 is 19.5 Å². The van der Waals surface area contributed by atoms with Crippen molar-refractivity contribution in [3.8, 4) is 11.5 Å². The molecule has 1 amide bonds. The average Bonchev–Trinajstić information content (AvgIpc) is 2.75. The van der Waals surface area contributed by atoms with Crippen molar-refractivity contribution in [2.24, 2.45) is 0 Å². The number of thioether (sulfide) groups is 1. The van der Waals surface area contributed by atoms with E-state index in [2.05, 4.69) is 5.32 Å². The molecule has 0 radical (unpaired) electrons. The smallest absolute Gasteiger partial charge is 0.331 e. The zero-order valence-electron chi connectivity index (χ0n) is 15.4. The molecule has 1 heterocycles. The molecule has 0 bridgehead atoms. The summed E-state index contributed by atoms with van der Waals surface area (Å²) < 4.78 is 16.3. The second-order valence-corrected chi connectivity index (χ2v) is 6.90. The van der Waals surface area contributed by atoms with Crippen LogP contribution in [0.15, 0.2) is 59.5 Å². The zero-order valence-corrected chi connectivity index (χ0v) is 16.2. The molecule has 1 aliphatic heterocycles. The van der Waals surface area contributed by atoms with Crippen LogP contribution in [0.4, 0.5) is 0 Å². The van der Waals surface area contributed by atoms with Gasteiger partial charge in [0.15, 0.2) is 18.1 Å². The Labute approximate surface area is 167 Å². The Morgan fingerprint density at radius 3 is 2.68 bits per heavy atom. The molecule has 28 heavy (non-hydrogen) atoms. The van der Waals surface area contributed by atoms with Crippen LogP contribution in [0, 0.1) is 0 Å². The molecule has 7 heteroatoms. The maximum absolute atomic E-state index is 11.9. The van der Waals surface area contributed by atoms with E-state index in [9.17, 15) is 9.59 Å². The number of fused-ring (bicyclic) bond motifs is 1. The molecule has 0 aromatic heterocycles. The van der Waals surface area contributed by atoms with Crippen molar-refractivity contribution in [3.05, 3.63) is 60.2 Å². The van der Waals surface area contributed by atoms with Crippen LogP contribution in [0.5, 0.6) is 11.5 Å². The largest absolute Gasteiger partial charge is 0.486 e. The molecule has 0 aliphatic carbocycles. The maximum Gasteiger partial charge on any atom is 0.331 e. The van der Waals surface area contributed by atoms with Gasteiger partial charge in [0.05, 0.1) is 6.54 Å². The van der Waals surface area contributed by atoms with Gasteiger partial charge >= 0.3 is 5.97 Å². The highest BCUT2D eigenvalue weighted by Gasteiger charge is 2.21. The molecular formula is C21H21NO5S. The minimum Gasteiger partial charge on any atom is -0.486 e. The molecule has 0 spiro atoms. The molecular weight excluding hydrogens is 378 g/mol. The standard InChI is InChI=1S/C21H21NO5S/c1-28-17-9-6-15(7-10-17)8-11-21(24)26-14-20(23)22-12-16-13-25-18-4-2-3-5-19(18)27-16/h2-11,16H,12-14H2,1H3,(H,22,23)/b11-8+/t16-/m0/s1. The summed E-state index contributed by atoms with van der Waals surface area (Å²) in [6, 6.07) is 15.1. The van der Waals surface area contributed by atoms with Gasteiger partial charge in [0.2, 0.25) is 0 Å². The molecule has 0 fully saturated rings. The number of hydrogen-bond acceptors (Lipinski definition) is 6. The number of esters is 1. The zero-order chi connectivity index (χ0) is 19.8. The van der Waals surface area contributed by atoms with Gasteiger partial charge in [-0.2, -0.15) is 0 Å². The lowest BCUT2D eigenvalue weighted by Crippen LogP contribution is -2.42. The number of para-hydroxylation sites is 2. The van der Waals surface area contributed by atoms with E-state index in [0.29, 0.717) is 18.1 Å². The van der Waals surface area contributed by atoms with E-state index in [1.807, 2.05) is 54.8 Å². The van der Waals surface area contributed by atoms with Crippen molar-refractivity contribution in [2.45, 2.75) is 11.0 Å². The molecule has 2 aromatic rings. The Bertz CT molecular complexity index is 850. The Balaban J connectivity index is 1.37. The van der Waals surface area contributed by atoms with Crippen molar-refractivity contribution in [3.63, 3.8) is 0 Å². The minimum atomic E-state index is -0.574. The lowest BCUT2D eigenvalue weighted by Gasteiger charge is -2.26. The van der Waals surface area contributed by atoms with Gasteiger partial charge in [0, 0.05) is 11.0 Å². The highest BCUT2D eigenvalue weighted by atomic mass is 32.2. The van der Waals surface area contributed by atoms with Gasteiger partial charge in [0.25, 0.3) is 5.91 Å². The van der Waals surface area contributed by atoms with Crippen LogP contribution in [-0.2, 0) is 14.3 Å². The van der Waals surface area contributed by atoms with Crippen LogP contribution in [0.3, 0.4) is 0 Å². The van der Waals surface area contributed by atoms with Gasteiger partial charge in [0.1, 0.15) is 12.7 Å². The summed E-state index contributed by atoms with van der Waals surface area (Å²) in [6.07, 6.45) is 4.66. The summed E-state index contributed by atoms with van der Waals surface area (Å²) in [5.41, 5.74) is 0.883. The topological polar surface area (TPSA) is 73.9 Å². The number of amides is 1. The Morgan fingerprint density at radius 2 is 1.93 bits per heavy atom. The fraction of sp³-hybridized carbons (Fsp3) is 0.238. The molecule has 0 saturated heterocycles. The summed E-state index contributed by atoms with van der Waals surface area (Å²) in [5.74, 6) is 0.368. The van der Waals surface area contributed by atoms with E-state index in [0.717, 1.165) is 10.5 Å². The number of ether oxygens (including phenoxy) is 3. The lowest BCUT2D eigenvalue weighted by molar-refractivity contribution is -0.143. The third-order valence-electron chi connectivity index (χ3n) is 3.97. The van der Waals surface area contributed by atoms with Crippen molar-refractivity contribution in [2.75, 3.05) is 26.0 Å². The van der Waals surface area contributed by atoms with E-state index in [1.165, 1.54) is 6.08 Å². The van der Waals surface area contributed by atoms with E-state index >= 15 is 0 Å². The number of carbonyl (C=O) groups excluding carboxylic acids is 2. The van der Waals surface area contributed by atoms with Gasteiger partial charge in [-0.15, -0.1) is 11.8 Å². The molecule has 0 unspecified atom stereocenters. The summed E-state index contributed by atoms with van der Waals surface area (Å²) in [4.78, 5) is 24.8. The van der Waals surface area contributed by atoms with Crippen molar-refractivity contribution < 1.29 is 23.8 Å². The van der Waals surface area contributed by atoms with Crippen LogP contribution in [-0.4, -0.2) is 44.0 Å². The Hall–Kier alpha value is -2.93. The fourth-order valence-corrected chi connectivity index (χ4v) is 2.91. The molecule has 6 nitrogen and oxygen atoms in total. The van der Waals surface area contributed by atoms with Gasteiger partial charge in [-0.05, 0) is 42.2 Å². The summed E-state index contributed by atoms with van der Waals surface area (Å²) in [7, 11) is 0. The van der Waals surface area contributed by atoms with E-state index in [1.54, 1.807) is 17.8 Å². The monoisotopic (exact) mass is 399 g/mol. The number of benzene rings is 2. The molecule has 2 aromatic carbocycles. The number of rotatable bonds is 7. The third-order valence-corrected chi connectivity index (χ3v) is 4.71. The van der Waals surface area contributed by atoms with Crippen molar-refractivity contribution in [1.82, 2.24) is 5.32 Å². The first-order chi connectivity index (χ1) is 13.6. The highest BCUT2D eigenvalue weighted by molar-refractivity contribution is 7.98. The Kier molecular flexibility index (Phi) is 6.97. The van der Waals surface area contributed by atoms with E-state index in [-0.39, 0.29) is 19.3 Å². The summed E-state index contributed by atoms with van der Waals surface area (Å²) in [6.45, 7) is 0.260. The second-order valence-electron chi connectivity index (χ2n) is 6.02. The first-order valence-electron chi connectivity index (χ1n) is 8.78. The first kappa shape index (κ1) is 19.8. The molecule has 3 rings (SSSR count). The van der Waals surface area contributed by atoms with Gasteiger partial charge in [-0.3, -0.25) is 4.79 Å².